The van der Waals surface area contributed by atoms with E-state index in [4.69, 9.17) is 0 Å². The fraction of sp³-hybridized carbons (Fsp3) is 1.00. The van der Waals surface area contributed by atoms with Crippen LogP contribution in [0.5, 0.6) is 0 Å². The Balaban J connectivity index is 4.10. The lowest BCUT2D eigenvalue weighted by atomic mass is 9.75. The van der Waals surface area contributed by atoms with Crippen molar-refractivity contribution in [2.75, 3.05) is 13.6 Å². The van der Waals surface area contributed by atoms with Gasteiger partial charge in [0.15, 0.2) is 0 Å². The van der Waals surface area contributed by atoms with Crippen molar-refractivity contribution in [3.05, 3.63) is 0 Å². The number of hydrogen-bond acceptors (Lipinski definition) is 1. The van der Waals surface area contributed by atoms with Gasteiger partial charge in [0.1, 0.15) is 0 Å². The average molecular weight is 508 g/mol. The van der Waals surface area contributed by atoms with Crippen LogP contribution in [0.25, 0.3) is 0 Å². The zero-order valence-corrected chi connectivity index (χ0v) is 26.3. The molecule has 0 saturated heterocycles. The fourth-order valence-corrected chi connectivity index (χ4v) is 6.32. The molecule has 0 aromatic rings. The van der Waals surface area contributed by atoms with Crippen LogP contribution in [0.1, 0.15) is 195 Å². The van der Waals surface area contributed by atoms with Gasteiger partial charge in [-0.2, -0.15) is 0 Å². The third kappa shape index (κ3) is 24.3. The molecule has 0 aliphatic rings. The molecule has 36 heavy (non-hydrogen) atoms. The Morgan fingerprint density at radius 3 is 1.06 bits per heavy atom. The third-order valence-corrected chi connectivity index (χ3v) is 8.95. The Morgan fingerprint density at radius 2 is 0.694 bits per heavy atom. The van der Waals surface area contributed by atoms with Crippen LogP contribution in [0.4, 0.5) is 0 Å². The average Bonchev–Trinajstić information content (AvgIpc) is 2.88. The molecule has 2 atom stereocenters. The molecule has 0 amide bonds. The lowest BCUT2D eigenvalue weighted by Gasteiger charge is -2.30. The van der Waals surface area contributed by atoms with Gasteiger partial charge >= 0.3 is 0 Å². The predicted octanol–water partition coefficient (Wildman–Crippen LogP) is 12.3. The summed E-state index contributed by atoms with van der Waals surface area (Å²) in [5.41, 5.74) is 0. The highest BCUT2D eigenvalue weighted by Crippen LogP contribution is 2.33. The summed E-state index contributed by atoms with van der Waals surface area (Å²) in [7, 11) is 2.06. The molecule has 0 aliphatic carbocycles. The van der Waals surface area contributed by atoms with Crippen LogP contribution in [-0.4, -0.2) is 13.6 Å². The first-order valence-electron chi connectivity index (χ1n) is 17.3. The number of rotatable bonds is 30. The molecule has 0 aromatic carbocycles. The highest BCUT2D eigenvalue weighted by Gasteiger charge is 2.22. The predicted molar refractivity (Wildman–Crippen MR) is 167 cm³/mol. The maximum atomic E-state index is 3.26. The van der Waals surface area contributed by atoms with Crippen molar-refractivity contribution in [2.45, 2.75) is 195 Å². The molecule has 2 unspecified atom stereocenters. The van der Waals surface area contributed by atoms with Crippen molar-refractivity contribution >= 4 is 0 Å². The SMILES string of the molecule is CCCCCCCCC(C)C(CCCCCCCCCCCCCNC)C(C)CCCCCCCC. The van der Waals surface area contributed by atoms with Gasteiger partial charge in [-0.25, -0.2) is 0 Å². The van der Waals surface area contributed by atoms with Gasteiger partial charge in [-0.3, -0.25) is 0 Å². The Hall–Kier alpha value is -0.0400. The fourth-order valence-electron chi connectivity index (χ4n) is 6.32. The summed E-state index contributed by atoms with van der Waals surface area (Å²) in [6.45, 7) is 11.1. The summed E-state index contributed by atoms with van der Waals surface area (Å²) in [5, 5.41) is 3.26. The maximum Gasteiger partial charge on any atom is -0.00519 e. The first-order chi connectivity index (χ1) is 17.7. The molecule has 0 bridgehead atoms. The minimum absolute atomic E-state index is 0.930. The Bertz CT molecular complexity index is 370. The molecule has 0 heterocycles. The van der Waals surface area contributed by atoms with Crippen LogP contribution in [0, 0.1) is 17.8 Å². The van der Waals surface area contributed by atoms with Crippen LogP contribution < -0.4 is 5.32 Å². The van der Waals surface area contributed by atoms with Gasteiger partial charge in [-0.1, -0.05) is 182 Å². The van der Waals surface area contributed by atoms with E-state index >= 15 is 0 Å². The largest absolute Gasteiger partial charge is 0.320 e. The Morgan fingerprint density at radius 1 is 0.389 bits per heavy atom. The van der Waals surface area contributed by atoms with Gasteiger partial charge in [0.2, 0.25) is 0 Å². The summed E-state index contributed by atoms with van der Waals surface area (Å²) in [6.07, 6.45) is 37.8. The zero-order chi connectivity index (χ0) is 26.5. The van der Waals surface area contributed by atoms with Crippen LogP contribution in [0.15, 0.2) is 0 Å². The van der Waals surface area contributed by atoms with Crippen LogP contribution in [0.3, 0.4) is 0 Å². The van der Waals surface area contributed by atoms with Gasteiger partial charge < -0.3 is 5.32 Å². The molecule has 1 nitrogen and oxygen atoms in total. The molecule has 0 spiro atoms. The second-order valence-electron chi connectivity index (χ2n) is 12.5. The standard InChI is InChI=1S/C35H73N/c1-6-8-10-12-21-25-29-33(3)35(34(4)30-26-22-13-11-9-7-2)31-27-23-19-17-15-14-16-18-20-24-28-32-36-5/h33-36H,6-32H2,1-5H3. The highest BCUT2D eigenvalue weighted by molar-refractivity contribution is 4.73. The van der Waals surface area contributed by atoms with Crippen molar-refractivity contribution in [1.82, 2.24) is 5.32 Å². The molecule has 0 aromatic heterocycles. The van der Waals surface area contributed by atoms with E-state index < -0.39 is 0 Å². The van der Waals surface area contributed by atoms with E-state index in [1.807, 2.05) is 0 Å². The van der Waals surface area contributed by atoms with Gasteiger partial charge in [0.05, 0.1) is 0 Å². The van der Waals surface area contributed by atoms with Crippen molar-refractivity contribution < 1.29 is 0 Å². The first kappa shape index (κ1) is 36.0. The van der Waals surface area contributed by atoms with E-state index in [9.17, 15) is 0 Å². The molecule has 0 fully saturated rings. The van der Waals surface area contributed by atoms with E-state index in [1.54, 1.807) is 0 Å². The second-order valence-corrected chi connectivity index (χ2v) is 12.5. The number of nitrogens with one attached hydrogen (secondary N) is 1. The lowest BCUT2D eigenvalue weighted by molar-refractivity contribution is 0.204. The summed E-state index contributed by atoms with van der Waals surface area (Å²) >= 11 is 0. The van der Waals surface area contributed by atoms with E-state index in [2.05, 4.69) is 40.1 Å². The molecule has 0 aliphatic heterocycles. The van der Waals surface area contributed by atoms with E-state index in [0.29, 0.717) is 0 Å². The van der Waals surface area contributed by atoms with E-state index in [1.165, 1.54) is 173 Å². The monoisotopic (exact) mass is 508 g/mol. The summed E-state index contributed by atoms with van der Waals surface area (Å²) in [5.74, 6) is 2.83. The lowest BCUT2D eigenvalue weighted by Crippen LogP contribution is -2.20. The van der Waals surface area contributed by atoms with Gasteiger partial charge in [0.25, 0.3) is 0 Å². The van der Waals surface area contributed by atoms with Crippen molar-refractivity contribution in [2.24, 2.45) is 17.8 Å². The molecule has 0 rings (SSSR count). The normalized spacial score (nSPS) is 14.2. The van der Waals surface area contributed by atoms with E-state index in [0.717, 1.165) is 17.8 Å². The third-order valence-electron chi connectivity index (χ3n) is 8.95. The molecule has 0 saturated carbocycles. The van der Waals surface area contributed by atoms with Crippen molar-refractivity contribution in [1.29, 1.82) is 0 Å². The maximum absolute atomic E-state index is 3.26. The molecule has 0 radical (unpaired) electrons. The second kappa shape index (κ2) is 29.5. The van der Waals surface area contributed by atoms with Gasteiger partial charge in [-0.15, -0.1) is 0 Å². The molecular formula is C35H73N. The Kier molecular flexibility index (Phi) is 29.5. The first-order valence-corrected chi connectivity index (χ1v) is 17.3. The van der Waals surface area contributed by atoms with Crippen LogP contribution in [0.2, 0.25) is 0 Å². The van der Waals surface area contributed by atoms with Crippen LogP contribution >= 0.6 is 0 Å². The van der Waals surface area contributed by atoms with Crippen molar-refractivity contribution in [3.63, 3.8) is 0 Å². The van der Waals surface area contributed by atoms with E-state index in [-0.39, 0.29) is 0 Å². The summed E-state index contributed by atoms with van der Waals surface area (Å²) in [4.78, 5) is 0. The zero-order valence-electron chi connectivity index (χ0n) is 26.3. The molecule has 1 heteroatoms. The minimum atomic E-state index is 0.930. The summed E-state index contributed by atoms with van der Waals surface area (Å²) < 4.78 is 0. The highest BCUT2D eigenvalue weighted by atomic mass is 14.8. The van der Waals surface area contributed by atoms with Crippen LogP contribution in [-0.2, 0) is 0 Å². The number of hydrogen-bond donors (Lipinski definition) is 1. The minimum Gasteiger partial charge on any atom is -0.320 e. The molecule has 218 valence electrons. The molecular weight excluding hydrogens is 434 g/mol. The Labute approximate surface area is 231 Å². The van der Waals surface area contributed by atoms with Crippen molar-refractivity contribution in [3.8, 4) is 0 Å². The summed E-state index contributed by atoms with van der Waals surface area (Å²) in [6, 6.07) is 0. The molecule has 1 N–H and O–H groups in total. The van der Waals surface area contributed by atoms with Gasteiger partial charge in [-0.05, 0) is 44.2 Å². The quantitative estimate of drug-likeness (QED) is 0.0953. The topological polar surface area (TPSA) is 12.0 Å². The van der Waals surface area contributed by atoms with Gasteiger partial charge in [0, 0.05) is 0 Å². The smallest absolute Gasteiger partial charge is 0.00519 e. The number of unbranched alkanes of at least 4 members (excludes halogenated alkanes) is 20.